The fourth-order valence-corrected chi connectivity index (χ4v) is 12.1. The number of carbonyl (C=O) groups excluding carboxylic acids is 1. The maximum atomic E-state index is 13.2. The first-order valence-electron chi connectivity index (χ1n) is 39.0. The number of nitrogens with one attached hydrogen (secondary N) is 1. The number of ether oxygens (including phenoxy) is 2. The van der Waals surface area contributed by atoms with Crippen LogP contribution in [0, 0.1) is 0 Å². The molecule has 7 atom stereocenters. The highest BCUT2D eigenvalue weighted by Crippen LogP contribution is 2.24. The summed E-state index contributed by atoms with van der Waals surface area (Å²) in [6, 6.07) is -0.810. The van der Waals surface area contributed by atoms with Gasteiger partial charge in [-0.05, 0) is 77.0 Å². The molecular weight excluding hydrogens is 1130 g/mol. The molecule has 1 aliphatic heterocycles. The molecule has 0 spiro atoms. The lowest BCUT2D eigenvalue weighted by Gasteiger charge is -2.40. The first kappa shape index (κ1) is 86.1. The number of aliphatic hydroxyl groups is 5. The van der Waals surface area contributed by atoms with Crippen molar-refractivity contribution in [2.75, 3.05) is 13.2 Å². The van der Waals surface area contributed by atoms with Gasteiger partial charge in [-0.1, -0.05) is 374 Å². The summed E-state index contributed by atoms with van der Waals surface area (Å²) in [5.74, 6) is -0.172. The van der Waals surface area contributed by atoms with Crippen LogP contribution < -0.4 is 5.32 Å². The predicted molar refractivity (Wildman–Crippen MR) is 391 cm³/mol. The molecule has 1 heterocycles. The van der Waals surface area contributed by atoms with Gasteiger partial charge in [-0.15, -0.1) is 0 Å². The Morgan fingerprint density at radius 3 is 1.01 bits per heavy atom. The van der Waals surface area contributed by atoms with Gasteiger partial charge in [0.05, 0.1) is 25.4 Å². The van der Waals surface area contributed by atoms with Crippen molar-refractivity contribution in [2.24, 2.45) is 0 Å². The van der Waals surface area contributed by atoms with Gasteiger partial charge in [0.1, 0.15) is 24.4 Å². The summed E-state index contributed by atoms with van der Waals surface area (Å²) in [6.45, 7) is 3.71. The van der Waals surface area contributed by atoms with Crippen LogP contribution in [0.5, 0.6) is 0 Å². The Morgan fingerprint density at radius 2 is 0.681 bits per heavy atom. The van der Waals surface area contributed by atoms with E-state index in [1.54, 1.807) is 6.08 Å². The Morgan fingerprint density at radius 1 is 0.385 bits per heavy atom. The Labute approximate surface area is 562 Å². The average molecular weight is 1280 g/mol. The van der Waals surface area contributed by atoms with Crippen molar-refractivity contribution in [1.82, 2.24) is 5.32 Å². The molecule has 1 fully saturated rings. The molecule has 0 aliphatic carbocycles. The third-order valence-electron chi connectivity index (χ3n) is 18.2. The highest BCUT2D eigenvalue weighted by atomic mass is 16.7. The summed E-state index contributed by atoms with van der Waals surface area (Å²) in [5, 5.41) is 54.9. The van der Waals surface area contributed by atoms with Crippen molar-refractivity contribution in [3.05, 3.63) is 97.2 Å². The van der Waals surface area contributed by atoms with Crippen LogP contribution in [0.25, 0.3) is 0 Å². The normalized spacial score (nSPS) is 18.3. The van der Waals surface area contributed by atoms with Crippen LogP contribution in [-0.4, -0.2) is 87.5 Å². The van der Waals surface area contributed by atoms with Crippen molar-refractivity contribution >= 4 is 5.91 Å². The van der Waals surface area contributed by atoms with E-state index in [-0.39, 0.29) is 12.5 Å². The highest BCUT2D eigenvalue weighted by molar-refractivity contribution is 5.76. The number of unbranched alkanes of at least 4 members (excludes halogenated alkanes) is 44. The van der Waals surface area contributed by atoms with E-state index in [1.807, 2.05) is 6.08 Å². The van der Waals surface area contributed by atoms with Crippen molar-refractivity contribution in [3.63, 3.8) is 0 Å². The van der Waals surface area contributed by atoms with Gasteiger partial charge in [0, 0.05) is 6.42 Å². The van der Waals surface area contributed by atoms with Crippen LogP contribution in [0.4, 0.5) is 0 Å². The average Bonchev–Trinajstić information content (AvgIpc) is 1.58. The predicted octanol–water partition coefficient (Wildman–Crippen LogP) is 22.2. The van der Waals surface area contributed by atoms with E-state index in [0.29, 0.717) is 6.42 Å². The van der Waals surface area contributed by atoms with Gasteiger partial charge in [-0.3, -0.25) is 4.79 Å². The van der Waals surface area contributed by atoms with E-state index in [0.717, 1.165) is 83.5 Å². The summed E-state index contributed by atoms with van der Waals surface area (Å²) in [7, 11) is 0. The Hall–Kier alpha value is -2.89. The molecule has 0 saturated carbocycles. The number of aliphatic hydroxyl groups excluding tert-OH is 5. The van der Waals surface area contributed by atoms with E-state index in [1.165, 1.54) is 257 Å². The number of amides is 1. The van der Waals surface area contributed by atoms with E-state index in [9.17, 15) is 30.3 Å². The number of hydrogen-bond donors (Lipinski definition) is 6. The number of rotatable bonds is 68. The lowest BCUT2D eigenvalue weighted by Crippen LogP contribution is -2.60. The molecule has 0 radical (unpaired) electrons. The van der Waals surface area contributed by atoms with Gasteiger partial charge < -0.3 is 40.3 Å². The highest BCUT2D eigenvalue weighted by Gasteiger charge is 2.44. The molecular formula is C82H147NO8. The van der Waals surface area contributed by atoms with Crippen LogP contribution in [0.15, 0.2) is 97.2 Å². The zero-order valence-electron chi connectivity index (χ0n) is 59.3. The molecule has 9 nitrogen and oxygen atoms in total. The first-order valence-corrected chi connectivity index (χ1v) is 39.0. The molecule has 6 N–H and O–H groups in total. The molecule has 91 heavy (non-hydrogen) atoms. The van der Waals surface area contributed by atoms with Crippen molar-refractivity contribution in [2.45, 2.75) is 403 Å². The standard InChI is InChI=1S/C82H147NO8/c1-3-5-7-9-11-13-15-17-19-21-23-25-27-29-31-32-33-34-35-36-37-38-39-40-41-42-43-44-46-48-50-52-54-56-58-60-62-64-66-68-70-72-78(86)83-75(74-90-82-81(89)80(88)79(87)77(73-84)91-82)76(85)71-69-67-65-63-61-59-57-55-53-51-49-47-45-30-28-26-24-22-20-18-16-14-12-10-8-6-4-2/h5,7,11,13,17,19,23,25,29,31,33-34,36-37,69,71,75-77,79-82,84-85,87-89H,3-4,6,8-10,12,14-16,18,20-22,24,26-28,30,32,35,38-68,70,72-74H2,1-2H3,(H,83,86)/b7-5-,13-11-,19-17-,25-23-,31-29-,34-33-,37-36-,71-69+. The minimum atomic E-state index is -1.57. The van der Waals surface area contributed by atoms with E-state index < -0.39 is 49.5 Å². The van der Waals surface area contributed by atoms with E-state index in [4.69, 9.17) is 9.47 Å². The van der Waals surface area contributed by atoms with Gasteiger partial charge in [-0.2, -0.15) is 0 Å². The molecule has 9 heteroatoms. The SMILES string of the molecule is CC/C=C\C/C=C\C/C=C\C/C=C\C/C=C\C/C=C\C/C=C\CCCCCCCCCCCCCCCCCCCCCC(=O)NC(COC1OC(CO)C(O)C(O)C1O)C(O)/C=C/CCCCCCCCCCCCCCCCCCCCCCCCCCC. The van der Waals surface area contributed by atoms with Gasteiger partial charge >= 0.3 is 0 Å². The van der Waals surface area contributed by atoms with E-state index >= 15 is 0 Å². The van der Waals surface area contributed by atoms with Crippen molar-refractivity contribution in [3.8, 4) is 0 Å². The summed E-state index contributed by atoms with van der Waals surface area (Å²) in [5.41, 5.74) is 0. The zero-order chi connectivity index (χ0) is 65.7. The van der Waals surface area contributed by atoms with Crippen LogP contribution >= 0.6 is 0 Å². The minimum Gasteiger partial charge on any atom is -0.394 e. The Bertz CT molecular complexity index is 1770. The molecule has 1 saturated heterocycles. The van der Waals surface area contributed by atoms with Gasteiger partial charge in [0.2, 0.25) is 5.91 Å². The molecule has 528 valence electrons. The van der Waals surface area contributed by atoms with Crippen molar-refractivity contribution in [1.29, 1.82) is 0 Å². The van der Waals surface area contributed by atoms with Gasteiger partial charge in [-0.25, -0.2) is 0 Å². The number of hydrogen-bond acceptors (Lipinski definition) is 8. The molecule has 7 unspecified atom stereocenters. The Balaban J connectivity index is 2.07. The van der Waals surface area contributed by atoms with Crippen molar-refractivity contribution < 1.29 is 39.8 Å². The maximum absolute atomic E-state index is 13.2. The van der Waals surface area contributed by atoms with Crippen LogP contribution in [0.2, 0.25) is 0 Å². The third kappa shape index (κ3) is 58.2. The van der Waals surface area contributed by atoms with E-state index in [2.05, 4.69) is 104 Å². The lowest BCUT2D eigenvalue weighted by molar-refractivity contribution is -0.302. The smallest absolute Gasteiger partial charge is 0.220 e. The fourth-order valence-electron chi connectivity index (χ4n) is 12.1. The second kappa shape index (κ2) is 69.9. The second-order valence-corrected chi connectivity index (χ2v) is 26.8. The number of carbonyl (C=O) groups is 1. The summed E-state index contributed by atoms with van der Waals surface area (Å²) in [6.07, 6.45) is 95.4. The minimum absolute atomic E-state index is 0.172. The van der Waals surface area contributed by atoms with Crippen LogP contribution in [0.3, 0.4) is 0 Å². The lowest BCUT2D eigenvalue weighted by atomic mass is 9.99. The largest absolute Gasteiger partial charge is 0.394 e. The second-order valence-electron chi connectivity index (χ2n) is 26.8. The van der Waals surface area contributed by atoms with Crippen LogP contribution in [-0.2, 0) is 14.3 Å². The summed E-state index contributed by atoms with van der Waals surface area (Å²) < 4.78 is 11.3. The first-order chi connectivity index (χ1) is 44.8. The molecule has 1 amide bonds. The Kier molecular flexibility index (Phi) is 66.2. The maximum Gasteiger partial charge on any atom is 0.220 e. The molecule has 0 aromatic heterocycles. The van der Waals surface area contributed by atoms with Crippen LogP contribution in [0.1, 0.15) is 361 Å². The van der Waals surface area contributed by atoms with Gasteiger partial charge in [0.15, 0.2) is 6.29 Å². The fraction of sp³-hybridized carbons (Fsp3) is 0.793. The quantitative estimate of drug-likeness (QED) is 0.0261. The molecule has 1 aliphatic rings. The summed E-state index contributed by atoms with van der Waals surface area (Å²) >= 11 is 0. The molecule has 0 aromatic rings. The zero-order valence-corrected chi connectivity index (χ0v) is 59.3. The molecule has 1 rings (SSSR count). The molecule has 0 aromatic carbocycles. The van der Waals surface area contributed by atoms with Gasteiger partial charge in [0.25, 0.3) is 0 Å². The number of allylic oxidation sites excluding steroid dienone is 15. The summed E-state index contributed by atoms with van der Waals surface area (Å²) in [4.78, 5) is 13.2. The topological polar surface area (TPSA) is 149 Å². The third-order valence-corrected chi connectivity index (χ3v) is 18.2. The molecule has 0 bridgehead atoms. The monoisotopic (exact) mass is 1270 g/mol.